The molecule has 32 heavy (non-hydrogen) atoms. The Kier molecular flexibility index (Phi) is 8.02. The SMILES string of the molecule is COc1ccnc(C(=O)NC2COCC(Cc3ccccc3)C(OC)C(C)OC2=O)c1O. The van der Waals surface area contributed by atoms with Crippen molar-refractivity contribution in [3.8, 4) is 11.5 Å². The van der Waals surface area contributed by atoms with E-state index < -0.39 is 35.9 Å². The number of benzene rings is 1. The molecule has 1 aromatic heterocycles. The molecule has 0 aliphatic carbocycles. The third-order valence-corrected chi connectivity index (χ3v) is 5.37. The average molecular weight is 444 g/mol. The quantitative estimate of drug-likeness (QED) is 0.647. The highest BCUT2D eigenvalue weighted by Crippen LogP contribution is 2.27. The molecule has 1 aromatic carbocycles. The summed E-state index contributed by atoms with van der Waals surface area (Å²) in [6, 6.07) is 10.3. The van der Waals surface area contributed by atoms with Crippen LogP contribution in [-0.4, -0.2) is 67.7 Å². The Bertz CT molecular complexity index is 922. The van der Waals surface area contributed by atoms with Crippen molar-refractivity contribution >= 4 is 11.9 Å². The van der Waals surface area contributed by atoms with E-state index in [0.29, 0.717) is 13.0 Å². The third-order valence-electron chi connectivity index (χ3n) is 5.37. The highest BCUT2D eigenvalue weighted by atomic mass is 16.6. The number of nitrogens with one attached hydrogen (secondary N) is 1. The van der Waals surface area contributed by atoms with Crippen LogP contribution in [0.15, 0.2) is 42.6 Å². The van der Waals surface area contributed by atoms with Crippen molar-refractivity contribution < 1.29 is 33.6 Å². The minimum atomic E-state index is -1.08. The molecular formula is C23H28N2O7. The topological polar surface area (TPSA) is 116 Å². The van der Waals surface area contributed by atoms with Gasteiger partial charge in [0.15, 0.2) is 23.2 Å². The summed E-state index contributed by atoms with van der Waals surface area (Å²) in [6.07, 6.45) is 1.05. The van der Waals surface area contributed by atoms with Crippen LogP contribution in [0.25, 0.3) is 0 Å². The van der Waals surface area contributed by atoms with Crippen molar-refractivity contribution in [2.45, 2.75) is 31.6 Å². The fourth-order valence-electron chi connectivity index (χ4n) is 3.79. The number of hydrogen-bond acceptors (Lipinski definition) is 8. The fraction of sp³-hybridized carbons (Fsp3) is 0.435. The normalized spacial score (nSPS) is 23.9. The summed E-state index contributed by atoms with van der Waals surface area (Å²) in [5.74, 6) is -1.79. The Hall–Kier alpha value is -3.17. The minimum Gasteiger partial charge on any atom is -0.503 e. The number of ether oxygens (including phenoxy) is 4. The molecule has 9 heteroatoms. The van der Waals surface area contributed by atoms with Gasteiger partial charge in [-0.25, -0.2) is 9.78 Å². The molecule has 0 radical (unpaired) electrons. The number of carbonyl (C=O) groups is 2. The van der Waals surface area contributed by atoms with E-state index in [1.54, 1.807) is 14.0 Å². The molecule has 4 unspecified atom stereocenters. The maximum atomic E-state index is 12.8. The lowest BCUT2D eigenvalue weighted by Gasteiger charge is -2.29. The van der Waals surface area contributed by atoms with Crippen LogP contribution in [-0.2, 0) is 25.4 Å². The predicted molar refractivity (Wildman–Crippen MR) is 115 cm³/mol. The molecule has 4 atom stereocenters. The van der Waals surface area contributed by atoms with Crippen LogP contribution in [0.1, 0.15) is 23.0 Å². The van der Waals surface area contributed by atoms with Gasteiger partial charge in [-0.3, -0.25) is 4.79 Å². The van der Waals surface area contributed by atoms with Crippen molar-refractivity contribution in [2.24, 2.45) is 5.92 Å². The third kappa shape index (κ3) is 5.54. The van der Waals surface area contributed by atoms with Crippen molar-refractivity contribution in [3.05, 3.63) is 53.9 Å². The maximum Gasteiger partial charge on any atom is 0.331 e. The second kappa shape index (κ2) is 10.9. The van der Waals surface area contributed by atoms with Gasteiger partial charge in [0, 0.05) is 25.3 Å². The second-order valence-electron chi connectivity index (χ2n) is 7.57. The first-order chi connectivity index (χ1) is 15.4. The Labute approximate surface area is 186 Å². The molecule has 1 amide bonds. The van der Waals surface area contributed by atoms with E-state index in [1.807, 2.05) is 30.3 Å². The molecule has 0 saturated carbocycles. The number of aromatic hydroxyl groups is 1. The summed E-state index contributed by atoms with van der Waals surface area (Å²) in [7, 11) is 2.93. The zero-order valence-electron chi connectivity index (χ0n) is 18.3. The van der Waals surface area contributed by atoms with Crippen LogP contribution in [0.5, 0.6) is 11.5 Å². The summed E-state index contributed by atoms with van der Waals surface area (Å²) < 4.78 is 22.1. The van der Waals surface area contributed by atoms with E-state index >= 15 is 0 Å². The maximum absolute atomic E-state index is 12.8. The lowest BCUT2D eigenvalue weighted by atomic mass is 9.92. The monoisotopic (exact) mass is 444 g/mol. The molecule has 1 aliphatic heterocycles. The van der Waals surface area contributed by atoms with Gasteiger partial charge in [0.25, 0.3) is 5.91 Å². The molecular weight excluding hydrogens is 416 g/mol. The van der Waals surface area contributed by atoms with Crippen LogP contribution < -0.4 is 10.1 Å². The predicted octanol–water partition coefficient (Wildman–Crippen LogP) is 1.73. The molecule has 3 rings (SSSR count). The Balaban J connectivity index is 1.74. The molecule has 172 valence electrons. The van der Waals surface area contributed by atoms with E-state index in [-0.39, 0.29) is 24.0 Å². The molecule has 1 fully saturated rings. The average Bonchev–Trinajstić information content (AvgIpc) is 2.83. The Morgan fingerprint density at radius 2 is 1.97 bits per heavy atom. The highest BCUT2D eigenvalue weighted by molar-refractivity contribution is 5.98. The smallest absolute Gasteiger partial charge is 0.331 e. The lowest BCUT2D eigenvalue weighted by molar-refractivity contribution is -0.158. The van der Waals surface area contributed by atoms with Gasteiger partial charge >= 0.3 is 5.97 Å². The Morgan fingerprint density at radius 1 is 1.22 bits per heavy atom. The number of amides is 1. The summed E-state index contributed by atoms with van der Waals surface area (Å²) in [5, 5.41) is 12.7. The summed E-state index contributed by atoms with van der Waals surface area (Å²) in [5.41, 5.74) is 0.854. The van der Waals surface area contributed by atoms with E-state index in [4.69, 9.17) is 18.9 Å². The van der Waals surface area contributed by atoms with Crippen LogP contribution in [0.2, 0.25) is 0 Å². The van der Waals surface area contributed by atoms with Crippen LogP contribution >= 0.6 is 0 Å². The van der Waals surface area contributed by atoms with Crippen LogP contribution in [0, 0.1) is 5.92 Å². The molecule has 2 heterocycles. The number of pyridine rings is 1. The van der Waals surface area contributed by atoms with E-state index in [2.05, 4.69) is 10.3 Å². The van der Waals surface area contributed by atoms with Gasteiger partial charge in [0.2, 0.25) is 0 Å². The number of aromatic nitrogens is 1. The number of esters is 1. The standard InChI is InChI=1S/C23H28N2O7/c1-14-21(30-3)16(11-15-7-5-4-6-8-15)12-31-13-17(23(28)32-14)25-22(27)19-20(26)18(29-2)9-10-24-19/h4-10,14,16-17,21,26H,11-13H2,1-3H3,(H,25,27). The van der Waals surface area contributed by atoms with Gasteiger partial charge in [0.1, 0.15) is 6.10 Å². The molecule has 1 saturated heterocycles. The summed E-state index contributed by atoms with van der Waals surface area (Å²) >= 11 is 0. The zero-order chi connectivity index (χ0) is 23.1. The van der Waals surface area contributed by atoms with Gasteiger partial charge in [-0.15, -0.1) is 0 Å². The van der Waals surface area contributed by atoms with Gasteiger partial charge in [-0.2, -0.15) is 0 Å². The first-order valence-corrected chi connectivity index (χ1v) is 10.3. The number of cyclic esters (lactones) is 1. The van der Waals surface area contributed by atoms with Crippen molar-refractivity contribution in [2.75, 3.05) is 27.4 Å². The molecule has 1 aliphatic rings. The molecule has 0 bridgehead atoms. The van der Waals surface area contributed by atoms with Crippen molar-refractivity contribution in [1.82, 2.24) is 10.3 Å². The number of hydrogen-bond donors (Lipinski definition) is 2. The van der Waals surface area contributed by atoms with Gasteiger partial charge < -0.3 is 29.4 Å². The second-order valence-corrected chi connectivity index (χ2v) is 7.57. The molecule has 0 spiro atoms. The number of rotatable bonds is 6. The van der Waals surface area contributed by atoms with Gasteiger partial charge in [-0.05, 0) is 18.9 Å². The van der Waals surface area contributed by atoms with Crippen LogP contribution in [0.4, 0.5) is 0 Å². The lowest BCUT2D eigenvalue weighted by Crippen LogP contribution is -2.46. The Morgan fingerprint density at radius 3 is 2.66 bits per heavy atom. The van der Waals surface area contributed by atoms with E-state index in [1.165, 1.54) is 19.4 Å². The van der Waals surface area contributed by atoms with E-state index in [9.17, 15) is 14.7 Å². The summed E-state index contributed by atoms with van der Waals surface area (Å²) in [6.45, 7) is 1.97. The molecule has 2 N–H and O–H groups in total. The molecule has 2 aromatic rings. The number of carbonyl (C=O) groups excluding carboxylic acids is 2. The fourth-order valence-corrected chi connectivity index (χ4v) is 3.79. The van der Waals surface area contributed by atoms with Gasteiger partial charge in [-0.1, -0.05) is 30.3 Å². The molecule has 9 nitrogen and oxygen atoms in total. The summed E-state index contributed by atoms with van der Waals surface area (Å²) in [4.78, 5) is 29.3. The first kappa shape index (κ1) is 23.5. The van der Waals surface area contributed by atoms with Crippen molar-refractivity contribution in [1.29, 1.82) is 0 Å². The minimum absolute atomic E-state index is 0.0660. The van der Waals surface area contributed by atoms with Crippen molar-refractivity contribution in [3.63, 3.8) is 0 Å². The number of methoxy groups -OCH3 is 2. The first-order valence-electron chi connectivity index (χ1n) is 10.3. The largest absolute Gasteiger partial charge is 0.503 e. The van der Waals surface area contributed by atoms with Gasteiger partial charge in [0.05, 0.1) is 26.4 Å². The van der Waals surface area contributed by atoms with Crippen LogP contribution in [0.3, 0.4) is 0 Å². The van der Waals surface area contributed by atoms with E-state index in [0.717, 1.165) is 5.56 Å². The number of nitrogens with zero attached hydrogens (tertiary/aromatic N) is 1. The highest BCUT2D eigenvalue weighted by Gasteiger charge is 2.35. The zero-order valence-corrected chi connectivity index (χ0v) is 18.3.